The molecule has 0 fully saturated rings. The van der Waals surface area contributed by atoms with Gasteiger partial charge in [0.05, 0.1) is 17.1 Å². The van der Waals surface area contributed by atoms with E-state index in [0.29, 0.717) is 34.8 Å². The molecule has 3 heterocycles. The van der Waals surface area contributed by atoms with Crippen LogP contribution in [0.5, 0.6) is 5.75 Å². The third-order valence-electron chi connectivity index (χ3n) is 4.81. The van der Waals surface area contributed by atoms with Crippen LogP contribution in [0.25, 0.3) is 10.4 Å². The summed E-state index contributed by atoms with van der Waals surface area (Å²) in [5.41, 5.74) is 2.63. The topological polar surface area (TPSA) is 73.2 Å². The molecule has 8 heteroatoms. The molecule has 0 aliphatic carbocycles. The molecular weight excluding hydrogens is 393 g/mol. The van der Waals surface area contributed by atoms with E-state index in [1.165, 1.54) is 35.1 Å². The van der Waals surface area contributed by atoms with Crippen LogP contribution in [-0.4, -0.2) is 34.1 Å². The maximum Gasteiger partial charge on any atom is 0.269 e. The third kappa shape index (κ3) is 3.80. The monoisotopic (exact) mass is 413 g/mol. The number of carbonyl (C=O) groups is 2. The van der Waals surface area contributed by atoms with Gasteiger partial charge in [-0.3, -0.25) is 14.3 Å². The van der Waals surface area contributed by atoms with E-state index in [-0.39, 0.29) is 23.6 Å². The van der Waals surface area contributed by atoms with Gasteiger partial charge in [-0.15, -0.1) is 11.3 Å². The minimum Gasteiger partial charge on any atom is -0.487 e. The number of carbonyl (C=O) groups excluding carboxylic acids is 2. The van der Waals surface area contributed by atoms with Crippen LogP contribution in [0.3, 0.4) is 0 Å². The number of hydrogen-bond donors (Lipinski definition) is 1. The fourth-order valence-corrected chi connectivity index (χ4v) is 4.40. The number of nitrogens with one attached hydrogen (secondary N) is 1. The third-order valence-corrected chi connectivity index (χ3v) is 6.03. The molecule has 4 rings (SSSR count). The number of aryl methyl sites for hydroxylation is 2. The lowest BCUT2D eigenvalue weighted by molar-refractivity contribution is 0.0923. The van der Waals surface area contributed by atoms with Gasteiger partial charge in [-0.2, -0.15) is 5.10 Å². The number of hydrogen-bond acceptors (Lipinski definition) is 5. The first kappa shape index (κ1) is 19.3. The molecule has 3 aromatic rings. The zero-order chi connectivity index (χ0) is 20.7. The molecular formula is C21H20FN3O3S. The molecule has 29 heavy (non-hydrogen) atoms. The van der Waals surface area contributed by atoms with Crippen LogP contribution in [0.15, 0.2) is 30.3 Å². The minimum atomic E-state index is -0.352. The Morgan fingerprint density at radius 3 is 2.79 bits per heavy atom. The number of Topliss-reactive ketones (excluding diaryl/α,β-unsaturated/α-hetero) is 1. The van der Waals surface area contributed by atoms with Crippen LogP contribution in [0.4, 0.5) is 4.39 Å². The van der Waals surface area contributed by atoms with Crippen molar-refractivity contribution in [3.05, 3.63) is 58.0 Å². The van der Waals surface area contributed by atoms with Crippen molar-refractivity contribution in [1.82, 2.24) is 15.1 Å². The number of aromatic nitrogens is 2. The highest BCUT2D eigenvalue weighted by Crippen LogP contribution is 2.42. The number of thiophene rings is 1. The summed E-state index contributed by atoms with van der Waals surface area (Å²) >= 11 is 1.31. The van der Waals surface area contributed by atoms with Crippen LogP contribution in [0.1, 0.15) is 38.3 Å². The predicted octanol–water partition coefficient (Wildman–Crippen LogP) is 3.53. The molecule has 1 amide bonds. The van der Waals surface area contributed by atoms with Crippen LogP contribution in [-0.2, 0) is 13.5 Å². The molecule has 1 unspecified atom stereocenters. The number of ketones is 1. The van der Waals surface area contributed by atoms with Crippen molar-refractivity contribution in [2.24, 2.45) is 7.05 Å². The highest BCUT2D eigenvalue weighted by Gasteiger charge is 2.28. The quantitative estimate of drug-likeness (QED) is 0.650. The average Bonchev–Trinajstić information content (AvgIpc) is 3.37. The van der Waals surface area contributed by atoms with E-state index < -0.39 is 0 Å². The number of amides is 1. The molecule has 1 aromatic carbocycles. The molecule has 0 spiro atoms. The number of fused-ring (bicyclic) bond motifs is 1. The summed E-state index contributed by atoms with van der Waals surface area (Å²) in [6.45, 7) is 3.62. The van der Waals surface area contributed by atoms with Crippen LogP contribution < -0.4 is 10.1 Å². The van der Waals surface area contributed by atoms with Gasteiger partial charge in [0.1, 0.15) is 23.4 Å². The Labute approximate surface area is 171 Å². The second kappa shape index (κ2) is 7.44. The molecule has 1 aliphatic rings. The molecule has 150 valence electrons. The van der Waals surface area contributed by atoms with E-state index in [1.807, 2.05) is 6.92 Å². The van der Waals surface area contributed by atoms with Crippen molar-refractivity contribution in [3.8, 4) is 16.2 Å². The van der Waals surface area contributed by atoms with E-state index in [4.69, 9.17) is 4.74 Å². The van der Waals surface area contributed by atoms with Gasteiger partial charge in [-0.25, -0.2) is 4.39 Å². The highest BCUT2D eigenvalue weighted by molar-refractivity contribution is 7.17. The Bertz CT molecular complexity index is 1120. The smallest absolute Gasteiger partial charge is 0.269 e. The molecule has 0 saturated heterocycles. The summed E-state index contributed by atoms with van der Waals surface area (Å²) in [6.07, 6.45) is 0.200. The van der Waals surface area contributed by atoms with Crippen LogP contribution in [0, 0.1) is 12.7 Å². The maximum atomic E-state index is 14.2. The van der Waals surface area contributed by atoms with Gasteiger partial charge in [0.2, 0.25) is 0 Å². The van der Waals surface area contributed by atoms with Crippen LogP contribution >= 0.6 is 11.3 Å². The van der Waals surface area contributed by atoms with Gasteiger partial charge >= 0.3 is 0 Å². The molecule has 1 atom stereocenters. The van der Waals surface area contributed by atoms with Gasteiger partial charge < -0.3 is 10.1 Å². The Hall–Kier alpha value is -3.00. The largest absolute Gasteiger partial charge is 0.487 e. The lowest BCUT2D eigenvalue weighted by Crippen LogP contribution is -2.35. The molecule has 0 radical (unpaired) electrons. The summed E-state index contributed by atoms with van der Waals surface area (Å²) in [4.78, 5) is 25.4. The van der Waals surface area contributed by atoms with Crippen molar-refractivity contribution < 1.29 is 18.7 Å². The SMILES string of the molecule is CC(=O)c1ccc(-c2cc(F)cc3c2OC(CNC(=O)c2cc(C)nn2C)C3)s1. The normalized spacial score (nSPS) is 15.1. The number of rotatable bonds is 5. The summed E-state index contributed by atoms with van der Waals surface area (Å²) in [6, 6.07) is 8.15. The Balaban J connectivity index is 1.51. The molecule has 1 N–H and O–H groups in total. The molecule has 2 aromatic heterocycles. The highest BCUT2D eigenvalue weighted by atomic mass is 32.1. The van der Waals surface area contributed by atoms with E-state index in [0.717, 1.165) is 16.1 Å². The Morgan fingerprint density at radius 1 is 1.34 bits per heavy atom. The van der Waals surface area contributed by atoms with Gasteiger partial charge in [-0.05, 0) is 44.2 Å². The number of benzene rings is 1. The zero-order valence-electron chi connectivity index (χ0n) is 16.3. The lowest BCUT2D eigenvalue weighted by Gasteiger charge is -2.13. The van der Waals surface area contributed by atoms with Crippen molar-refractivity contribution in [1.29, 1.82) is 0 Å². The first-order valence-corrected chi connectivity index (χ1v) is 10.0. The lowest BCUT2D eigenvalue weighted by atomic mass is 10.0. The molecule has 0 bridgehead atoms. The van der Waals surface area contributed by atoms with Gasteiger partial charge in [-0.1, -0.05) is 0 Å². The van der Waals surface area contributed by atoms with Crippen molar-refractivity contribution in [2.45, 2.75) is 26.4 Å². The fourth-order valence-electron chi connectivity index (χ4n) is 3.48. The van der Waals surface area contributed by atoms with Crippen molar-refractivity contribution >= 4 is 23.0 Å². The molecule has 6 nitrogen and oxygen atoms in total. The first-order chi connectivity index (χ1) is 13.8. The summed E-state index contributed by atoms with van der Waals surface area (Å²) < 4.78 is 21.8. The second-order valence-corrected chi connectivity index (χ2v) is 8.19. The number of ether oxygens (including phenoxy) is 1. The molecule has 0 saturated carbocycles. The van der Waals surface area contributed by atoms with Crippen molar-refractivity contribution in [3.63, 3.8) is 0 Å². The van der Waals surface area contributed by atoms with E-state index in [9.17, 15) is 14.0 Å². The molecule has 1 aliphatic heterocycles. The van der Waals surface area contributed by atoms with Crippen LogP contribution in [0.2, 0.25) is 0 Å². The van der Waals surface area contributed by atoms with Gasteiger partial charge in [0.15, 0.2) is 5.78 Å². The average molecular weight is 413 g/mol. The fraction of sp³-hybridized carbons (Fsp3) is 0.286. The van der Waals surface area contributed by atoms with E-state index in [2.05, 4.69) is 10.4 Å². The van der Waals surface area contributed by atoms with Gasteiger partial charge in [0.25, 0.3) is 5.91 Å². The zero-order valence-corrected chi connectivity index (χ0v) is 17.1. The van der Waals surface area contributed by atoms with E-state index >= 15 is 0 Å². The minimum absolute atomic E-state index is 0.0267. The second-order valence-electron chi connectivity index (χ2n) is 7.11. The Morgan fingerprint density at radius 2 is 2.14 bits per heavy atom. The summed E-state index contributed by atoms with van der Waals surface area (Å²) in [7, 11) is 1.72. The van der Waals surface area contributed by atoms with Gasteiger partial charge in [0, 0.05) is 29.5 Å². The Kier molecular flexibility index (Phi) is 4.96. The number of halogens is 1. The standard InChI is InChI=1S/C21H20FN3O3S/c1-11-6-17(25(3)24-11)21(27)23-10-15-8-13-7-14(22)9-16(20(13)28-15)19-5-4-18(29-19)12(2)26/h4-7,9,15H,8,10H2,1-3H3,(H,23,27). The van der Waals surface area contributed by atoms with E-state index in [1.54, 1.807) is 25.2 Å². The number of nitrogens with zero attached hydrogens (tertiary/aromatic N) is 2. The van der Waals surface area contributed by atoms with Crippen molar-refractivity contribution in [2.75, 3.05) is 6.54 Å². The predicted molar refractivity (Wildman–Crippen MR) is 108 cm³/mol. The first-order valence-electron chi connectivity index (χ1n) is 9.21. The summed E-state index contributed by atoms with van der Waals surface area (Å²) in [5.74, 6) is -0.00114. The summed E-state index contributed by atoms with van der Waals surface area (Å²) in [5, 5.41) is 7.04. The maximum absolute atomic E-state index is 14.2.